The van der Waals surface area contributed by atoms with E-state index in [4.69, 9.17) is 0 Å². The maximum absolute atomic E-state index is 12.0. The third-order valence-corrected chi connectivity index (χ3v) is 4.31. The van der Waals surface area contributed by atoms with Crippen LogP contribution in [0.15, 0.2) is 60.8 Å². The number of carbonyl (C=O) groups is 2. The van der Waals surface area contributed by atoms with Gasteiger partial charge in [-0.25, -0.2) is 0 Å². The average Bonchev–Trinajstić information content (AvgIpc) is 3.12. The van der Waals surface area contributed by atoms with Gasteiger partial charge < -0.3 is 15.2 Å². The third kappa shape index (κ3) is 4.73. The number of para-hydroxylation sites is 1. The Hall–Kier alpha value is -3.68. The largest absolute Gasteiger partial charge is 0.355 e. The predicted octanol–water partition coefficient (Wildman–Crippen LogP) is 2.49. The number of nitrogens with zero attached hydrogens (tertiary/aromatic N) is 2. The standard InChI is InChI=1S/C20H20N4O4/c25-19(14-22-20(26)16-6-3-7-17(13-16)24(27)28)21-10-4-11-23-12-9-15-5-1-2-8-18(15)23/h1-3,5-9,12-13H,4,10-11,14H2,(H,21,25)(H,22,26). The number of aryl methyl sites for hydroxylation is 1. The summed E-state index contributed by atoms with van der Waals surface area (Å²) in [5.41, 5.74) is 1.12. The van der Waals surface area contributed by atoms with Crippen molar-refractivity contribution in [2.75, 3.05) is 13.1 Å². The van der Waals surface area contributed by atoms with Crippen molar-refractivity contribution in [1.82, 2.24) is 15.2 Å². The van der Waals surface area contributed by atoms with E-state index in [-0.39, 0.29) is 23.7 Å². The highest BCUT2D eigenvalue weighted by Gasteiger charge is 2.12. The summed E-state index contributed by atoms with van der Waals surface area (Å²) in [6.07, 6.45) is 2.77. The number of nitrogens with one attached hydrogen (secondary N) is 2. The molecule has 3 rings (SSSR count). The van der Waals surface area contributed by atoms with Crippen molar-refractivity contribution in [3.05, 3.63) is 76.5 Å². The lowest BCUT2D eigenvalue weighted by atomic mass is 10.2. The number of non-ortho nitro benzene ring substituents is 1. The SMILES string of the molecule is O=C(CNC(=O)c1cccc([N+](=O)[O-])c1)NCCCn1ccc2ccccc21. The van der Waals surface area contributed by atoms with Gasteiger partial charge in [0.05, 0.1) is 11.5 Å². The Morgan fingerprint density at radius 2 is 1.86 bits per heavy atom. The quantitative estimate of drug-likeness (QED) is 0.356. The first-order chi connectivity index (χ1) is 13.5. The van der Waals surface area contributed by atoms with Crippen LogP contribution < -0.4 is 10.6 Å². The highest BCUT2D eigenvalue weighted by Crippen LogP contribution is 2.15. The van der Waals surface area contributed by atoms with Gasteiger partial charge in [-0.1, -0.05) is 24.3 Å². The van der Waals surface area contributed by atoms with Gasteiger partial charge in [0.25, 0.3) is 11.6 Å². The van der Waals surface area contributed by atoms with Crippen LogP contribution in [-0.4, -0.2) is 34.4 Å². The zero-order valence-corrected chi connectivity index (χ0v) is 15.1. The Kier molecular flexibility index (Phi) is 6.01. The molecule has 2 N–H and O–H groups in total. The molecule has 0 aliphatic rings. The first-order valence-electron chi connectivity index (χ1n) is 8.88. The molecule has 0 aliphatic carbocycles. The molecule has 144 valence electrons. The molecule has 28 heavy (non-hydrogen) atoms. The van der Waals surface area contributed by atoms with Crippen LogP contribution in [-0.2, 0) is 11.3 Å². The lowest BCUT2D eigenvalue weighted by Crippen LogP contribution is -2.37. The molecule has 0 radical (unpaired) electrons. The highest BCUT2D eigenvalue weighted by atomic mass is 16.6. The van der Waals surface area contributed by atoms with Gasteiger partial charge >= 0.3 is 0 Å². The molecule has 0 bridgehead atoms. The Bertz CT molecular complexity index is 1010. The van der Waals surface area contributed by atoms with E-state index in [1.54, 1.807) is 0 Å². The lowest BCUT2D eigenvalue weighted by Gasteiger charge is -2.08. The zero-order chi connectivity index (χ0) is 19.9. The molecule has 2 amide bonds. The Morgan fingerprint density at radius 3 is 2.68 bits per heavy atom. The molecule has 0 spiro atoms. The van der Waals surface area contributed by atoms with Gasteiger partial charge in [-0.2, -0.15) is 0 Å². The van der Waals surface area contributed by atoms with Crippen LogP contribution >= 0.6 is 0 Å². The van der Waals surface area contributed by atoms with Crippen LogP contribution in [0, 0.1) is 10.1 Å². The van der Waals surface area contributed by atoms with E-state index >= 15 is 0 Å². The molecule has 0 aliphatic heterocycles. The minimum absolute atomic E-state index is 0.140. The smallest absolute Gasteiger partial charge is 0.270 e. The number of carbonyl (C=O) groups excluding carboxylic acids is 2. The second kappa shape index (κ2) is 8.81. The first-order valence-corrected chi connectivity index (χ1v) is 8.88. The predicted molar refractivity (Wildman–Crippen MR) is 105 cm³/mol. The van der Waals surface area contributed by atoms with Crippen LogP contribution in [0.2, 0.25) is 0 Å². The van der Waals surface area contributed by atoms with Crippen molar-refractivity contribution in [3.63, 3.8) is 0 Å². The van der Waals surface area contributed by atoms with E-state index in [9.17, 15) is 19.7 Å². The molecule has 0 atom stereocenters. The minimum atomic E-state index is -0.572. The average molecular weight is 380 g/mol. The van der Waals surface area contributed by atoms with Gasteiger partial charge in [0.15, 0.2) is 0 Å². The summed E-state index contributed by atoms with van der Waals surface area (Å²) in [4.78, 5) is 34.1. The number of amides is 2. The molecule has 0 saturated carbocycles. The fourth-order valence-electron chi connectivity index (χ4n) is 2.90. The van der Waals surface area contributed by atoms with E-state index in [2.05, 4.69) is 33.4 Å². The number of hydrogen-bond acceptors (Lipinski definition) is 4. The summed E-state index contributed by atoms with van der Waals surface area (Å²) < 4.78 is 2.13. The van der Waals surface area contributed by atoms with Crippen molar-refractivity contribution in [1.29, 1.82) is 0 Å². The molecule has 1 aromatic heterocycles. The minimum Gasteiger partial charge on any atom is -0.355 e. The van der Waals surface area contributed by atoms with Crippen molar-refractivity contribution in [3.8, 4) is 0 Å². The summed E-state index contributed by atoms with van der Waals surface area (Å²) in [7, 11) is 0. The van der Waals surface area contributed by atoms with Gasteiger partial charge in [0.1, 0.15) is 0 Å². The molecule has 8 heteroatoms. The maximum Gasteiger partial charge on any atom is 0.270 e. The maximum atomic E-state index is 12.0. The normalized spacial score (nSPS) is 10.6. The first kappa shape index (κ1) is 19.1. The Labute approximate surface area is 161 Å². The van der Waals surface area contributed by atoms with Crippen molar-refractivity contribution in [2.45, 2.75) is 13.0 Å². The second-order valence-corrected chi connectivity index (χ2v) is 6.26. The summed E-state index contributed by atoms with van der Waals surface area (Å²) in [5, 5.41) is 17.1. The topological polar surface area (TPSA) is 106 Å². The molecule has 0 fully saturated rings. The van der Waals surface area contributed by atoms with Gasteiger partial charge in [0.2, 0.25) is 5.91 Å². The molecule has 8 nitrogen and oxygen atoms in total. The van der Waals surface area contributed by atoms with E-state index in [0.29, 0.717) is 6.54 Å². The summed E-state index contributed by atoms with van der Waals surface area (Å²) in [6.45, 7) is 1.07. The van der Waals surface area contributed by atoms with Gasteiger partial charge in [0, 0.05) is 42.5 Å². The van der Waals surface area contributed by atoms with Crippen LogP contribution in [0.25, 0.3) is 10.9 Å². The zero-order valence-electron chi connectivity index (χ0n) is 15.1. The summed E-state index contributed by atoms with van der Waals surface area (Å²) in [6, 6.07) is 15.5. The van der Waals surface area contributed by atoms with E-state index in [1.165, 1.54) is 29.7 Å². The monoisotopic (exact) mass is 380 g/mol. The Balaban J connectivity index is 1.40. The number of fused-ring (bicyclic) bond motifs is 1. The second-order valence-electron chi connectivity index (χ2n) is 6.26. The van der Waals surface area contributed by atoms with E-state index in [0.717, 1.165) is 18.5 Å². The molecule has 0 saturated heterocycles. The molecular weight excluding hydrogens is 360 g/mol. The molecule has 2 aromatic carbocycles. The number of nitro benzene ring substituents is 1. The van der Waals surface area contributed by atoms with Gasteiger partial charge in [-0.15, -0.1) is 0 Å². The summed E-state index contributed by atoms with van der Waals surface area (Å²) >= 11 is 0. The molecule has 0 unspecified atom stereocenters. The van der Waals surface area contributed by atoms with Crippen LogP contribution in [0.1, 0.15) is 16.8 Å². The molecule has 1 heterocycles. The van der Waals surface area contributed by atoms with E-state index < -0.39 is 10.8 Å². The molecule has 3 aromatic rings. The number of hydrogen-bond donors (Lipinski definition) is 2. The Morgan fingerprint density at radius 1 is 1.04 bits per heavy atom. The van der Waals surface area contributed by atoms with E-state index in [1.807, 2.05) is 18.3 Å². The lowest BCUT2D eigenvalue weighted by molar-refractivity contribution is -0.384. The van der Waals surface area contributed by atoms with Crippen LogP contribution in [0.3, 0.4) is 0 Å². The van der Waals surface area contributed by atoms with Crippen molar-refractivity contribution >= 4 is 28.4 Å². The number of aromatic nitrogens is 1. The molecular formula is C20H20N4O4. The van der Waals surface area contributed by atoms with Crippen molar-refractivity contribution in [2.24, 2.45) is 0 Å². The van der Waals surface area contributed by atoms with Crippen molar-refractivity contribution < 1.29 is 14.5 Å². The van der Waals surface area contributed by atoms with Gasteiger partial charge in [-0.05, 0) is 30.0 Å². The third-order valence-electron chi connectivity index (χ3n) is 4.31. The fraction of sp³-hybridized carbons (Fsp3) is 0.200. The summed E-state index contributed by atoms with van der Waals surface area (Å²) in [5.74, 6) is -0.839. The number of nitro groups is 1. The fourth-order valence-corrected chi connectivity index (χ4v) is 2.90. The number of rotatable bonds is 8. The van der Waals surface area contributed by atoms with Crippen LogP contribution in [0.4, 0.5) is 5.69 Å². The highest BCUT2D eigenvalue weighted by molar-refractivity contribution is 5.96. The number of benzene rings is 2. The van der Waals surface area contributed by atoms with Gasteiger partial charge in [-0.3, -0.25) is 19.7 Å². The van der Waals surface area contributed by atoms with Crippen LogP contribution in [0.5, 0.6) is 0 Å².